The monoisotopic (exact) mass is 381 g/mol. The van der Waals surface area contributed by atoms with Crippen LogP contribution in [-0.2, 0) is 4.79 Å². The summed E-state index contributed by atoms with van der Waals surface area (Å²) in [5, 5.41) is 24.3. The largest absolute Gasteiger partial charge is 0.475 e. The van der Waals surface area contributed by atoms with Crippen molar-refractivity contribution in [1.29, 1.82) is 0 Å². The molecule has 0 heterocycles. The van der Waals surface area contributed by atoms with E-state index in [4.69, 9.17) is 5.73 Å². The van der Waals surface area contributed by atoms with Crippen LogP contribution in [0.15, 0.2) is 30.3 Å². The zero-order valence-electron chi connectivity index (χ0n) is 15.1. The summed E-state index contributed by atoms with van der Waals surface area (Å²) in [4.78, 5) is 25.0. The van der Waals surface area contributed by atoms with Crippen molar-refractivity contribution in [2.75, 3.05) is 18.6 Å². The summed E-state index contributed by atoms with van der Waals surface area (Å²) in [5.41, 5.74) is 5.97. The predicted octanol–water partition coefficient (Wildman–Crippen LogP) is 0.164. The van der Waals surface area contributed by atoms with Gasteiger partial charge >= 0.3 is 7.12 Å². The molecule has 0 saturated carbocycles. The number of amides is 2. The lowest BCUT2D eigenvalue weighted by molar-refractivity contribution is -0.123. The third kappa shape index (κ3) is 8.22. The minimum atomic E-state index is -1.65. The Labute approximate surface area is 159 Å². The van der Waals surface area contributed by atoms with Gasteiger partial charge in [0.15, 0.2) is 0 Å². The maximum absolute atomic E-state index is 12.6. The van der Waals surface area contributed by atoms with Crippen LogP contribution in [0.2, 0.25) is 0 Å². The highest BCUT2D eigenvalue weighted by molar-refractivity contribution is 7.98. The first-order valence-electron chi connectivity index (χ1n) is 8.71. The van der Waals surface area contributed by atoms with Gasteiger partial charge in [0.2, 0.25) is 5.91 Å². The van der Waals surface area contributed by atoms with Crippen LogP contribution in [0.25, 0.3) is 0 Å². The van der Waals surface area contributed by atoms with E-state index in [1.54, 1.807) is 42.1 Å². The van der Waals surface area contributed by atoms with Crippen LogP contribution >= 0.6 is 11.8 Å². The summed E-state index contributed by atoms with van der Waals surface area (Å²) in [5.74, 6) is -0.869. The lowest BCUT2D eigenvalue weighted by Crippen LogP contribution is -2.54. The van der Waals surface area contributed by atoms with Gasteiger partial charge in [0.05, 0.1) is 5.94 Å². The normalized spacial score (nSPS) is 12.9. The molecule has 1 aromatic rings. The Kier molecular flexibility index (Phi) is 11.0. The molecular formula is C17H28BN3O4S. The van der Waals surface area contributed by atoms with Crippen molar-refractivity contribution < 1.29 is 19.6 Å². The average molecular weight is 381 g/mol. The highest BCUT2D eigenvalue weighted by Crippen LogP contribution is 2.07. The van der Waals surface area contributed by atoms with Crippen LogP contribution in [0.5, 0.6) is 0 Å². The van der Waals surface area contributed by atoms with E-state index in [1.807, 2.05) is 6.26 Å². The molecule has 0 fully saturated rings. The fourth-order valence-corrected chi connectivity index (χ4v) is 2.91. The van der Waals surface area contributed by atoms with Crippen molar-refractivity contribution in [3.8, 4) is 0 Å². The van der Waals surface area contributed by atoms with Crippen LogP contribution in [0.3, 0.4) is 0 Å². The van der Waals surface area contributed by atoms with Crippen LogP contribution in [0.1, 0.15) is 36.0 Å². The van der Waals surface area contributed by atoms with Gasteiger partial charge in [0, 0.05) is 5.56 Å². The lowest BCUT2D eigenvalue weighted by atomic mass is 9.77. The summed E-state index contributed by atoms with van der Waals surface area (Å²) in [6.07, 6.45) is 4.17. The molecule has 0 unspecified atom stereocenters. The molecule has 0 radical (unpaired) electrons. The van der Waals surface area contributed by atoms with Gasteiger partial charge in [-0.2, -0.15) is 11.8 Å². The minimum absolute atomic E-state index is 0.344. The number of hydrogen-bond donors (Lipinski definition) is 5. The van der Waals surface area contributed by atoms with Crippen molar-refractivity contribution >= 4 is 30.7 Å². The van der Waals surface area contributed by atoms with Crippen molar-refractivity contribution in [3.63, 3.8) is 0 Å². The van der Waals surface area contributed by atoms with E-state index in [-0.39, 0.29) is 5.91 Å². The SMILES string of the molecule is CSCC[C@H](NC(=O)[C@H](CCCCN)NC(=O)c1ccccc1)B(O)O. The van der Waals surface area contributed by atoms with Crippen LogP contribution < -0.4 is 16.4 Å². The molecular weight excluding hydrogens is 353 g/mol. The first kappa shape index (κ1) is 22.5. The number of nitrogens with two attached hydrogens (primary N) is 1. The molecule has 0 saturated heterocycles. The van der Waals surface area contributed by atoms with E-state index >= 15 is 0 Å². The molecule has 7 nitrogen and oxygen atoms in total. The number of carbonyl (C=O) groups excluding carboxylic acids is 2. The minimum Gasteiger partial charge on any atom is -0.426 e. The highest BCUT2D eigenvalue weighted by atomic mass is 32.2. The molecule has 0 spiro atoms. The molecule has 26 heavy (non-hydrogen) atoms. The zero-order chi connectivity index (χ0) is 19.4. The molecule has 144 valence electrons. The first-order chi connectivity index (χ1) is 12.5. The molecule has 1 rings (SSSR count). The first-order valence-corrected chi connectivity index (χ1v) is 10.1. The fraction of sp³-hybridized carbons (Fsp3) is 0.529. The zero-order valence-corrected chi connectivity index (χ0v) is 15.9. The molecule has 9 heteroatoms. The fourth-order valence-electron chi connectivity index (χ4n) is 2.42. The Morgan fingerprint density at radius 1 is 1.15 bits per heavy atom. The van der Waals surface area contributed by atoms with Crippen LogP contribution in [0, 0.1) is 0 Å². The molecule has 6 N–H and O–H groups in total. The van der Waals surface area contributed by atoms with Gasteiger partial charge in [-0.25, -0.2) is 0 Å². The summed E-state index contributed by atoms with van der Waals surface area (Å²) in [6, 6.07) is 7.88. The number of thioether (sulfide) groups is 1. The molecule has 2 amide bonds. The molecule has 0 aliphatic rings. The smallest absolute Gasteiger partial charge is 0.426 e. The van der Waals surface area contributed by atoms with E-state index < -0.39 is 25.0 Å². The topological polar surface area (TPSA) is 125 Å². The molecule has 0 bridgehead atoms. The number of unbranched alkanes of at least 4 members (excludes halogenated alkanes) is 1. The standard InChI is InChI=1S/C17H28BN3O4S/c1-26-12-10-15(18(24)25)21-17(23)14(9-5-6-11-19)20-16(22)13-7-3-2-4-8-13/h2-4,7-8,14-15,24-25H,5-6,9-12,19H2,1H3,(H,20,22)(H,21,23)/t14-,15-/m0/s1. The van der Waals surface area contributed by atoms with Gasteiger partial charge in [-0.05, 0) is 56.4 Å². The third-order valence-electron chi connectivity index (χ3n) is 3.93. The van der Waals surface area contributed by atoms with Gasteiger partial charge in [0.1, 0.15) is 6.04 Å². The third-order valence-corrected chi connectivity index (χ3v) is 4.57. The van der Waals surface area contributed by atoms with Crippen molar-refractivity contribution in [2.24, 2.45) is 5.73 Å². The van der Waals surface area contributed by atoms with Gasteiger partial charge < -0.3 is 26.4 Å². The van der Waals surface area contributed by atoms with Crippen LogP contribution in [0.4, 0.5) is 0 Å². The van der Waals surface area contributed by atoms with Crippen molar-refractivity contribution in [2.45, 2.75) is 37.7 Å². The number of benzene rings is 1. The Hall–Kier alpha value is -1.55. The van der Waals surface area contributed by atoms with E-state index in [2.05, 4.69) is 10.6 Å². The molecule has 1 aromatic carbocycles. The lowest BCUT2D eigenvalue weighted by Gasteiger charge is -2.23. The number of nitrogens with one attached hydrogen (secondary N) is 2. The van der Waals surface area contributed by atoms with E-state index in [9.17, 15) is 19.6 Å². The highest BCUT2D eigenvalue weighted by Gasteiger charge is 2.29. The van der Waals surface area contributed by atoms with Crippen molar-refractivity contribution in [1.82, 2.24) is 10.6 Å². The van der Waals surface area contributed by atoms with Gasteiger partial charge in [0.25, 0.3) is 5.91 Å². The maximum atomic E-state index is 12.6. The van der Waals surface area contributed by atoms with E-state index in [0.29, 0.717) is 37.1 Å². The van der Waals surface area contributed by atoms with Crippen molar-refractivity contribution in [3.05, 3.63) is 35.9 Å². The summed E-state index contributed by atoms with van der Waals surface area (Å²) < 4.78 is 0. The molecule has 0 aliphatic carbocycles. The Morgan fingerprint density at radius 3 is 2.42 bits per heavy atom. The van der Waals surface area contributed by atoms with Crippen LogP contribution in [-0.4, -0.2) is 59.5 Å². The number of rotatable bonds is 12. The summed E-state index contributed by atoms with van der Waals surface area (Å²) >= 11 is 1.55. The van der Waals surface area contributed by atoms with Gasteiger partial charge in [-0.3, -0.25) is 9.59 Å². The molecule has 0 aromatic heterocycles. The van der Waals surface area contributed by atoms with Gasteiger partial charge in [-0.1, -0.05) is 18.2 Å². The Balaban J connectivity index is 2.76. The molecule has 2 atom stereocenters. The molecule has 0 aliphatic heterocycles. The maximum Gasteiger partial charge on any atom is 0.475 e. The Bertz CT molecular complexity index is 548. The van der Waals surface area contributed by atoms with Gasteiger partial charge in [-0.15, -0.1) is 0 Å². The second kappa shape index (κ2) is 12.8. The quantitative estimate of drug-likeness (QED) is 0.260. The predicted molar refractivity (Wildman–Crippen MR) is 106 cm³/mol. The second-order valence-corrected chi connectivity index (χ2v) is 6.97. The summed E-state index contributed by atoms with van der Waals surface area (Å²) in [7, 11) is -1.65. The number of hydrogen-bond acceptors (Lipinski definition) is 6. The summed E-state index contributed by atoms with van der Waals surface area (Å²) in [6.45, 7) is 0.507. The number of carbonyl (C=O) groups is 2. The second-order valence-electron chi connectivity index (χ2n) is 5.99. The Morgan fingerprint density at radius 2 is 1.85 bits per heavy atom. The van der Waals surface area contributed by atoms with E-state index in [1.165, 1.54) is 0 Å². The van der Waals surface area contributed by atoms with E-state index in [0.717, 1.165) is 6.42 Å². The average Bonchev–Trinajstić information content (AvgIpc) is 2.64.